The minimum atomic E-state index is -1.02. The van der Waals surface area contributed by atoms with Gasteiger partial charge in [-0.1, -0.05) is 39.8 Å². The second-order valence-electron chi connectivity index (χ2n) is 9.80. The van der Waals surface area contributed by atoms with Crippen molar-refractivity contribution < 1.29 is 24.6 Å². The number of hydrogen-bond acceptors (Lipinski definition) is 5. The second-order valence-corrected chi connectivity index (χ2v) is 9.80. The molecular weight excluding hydrogens is 356 g/mol. The van der Waals surface area contributed by atoms with E-state index in [2.05, 4.69) is 0 Å². The monoisotopic (exact) mass is 384 g/mol. The van der Waals surface area contributed by atoms with Gasteiger partial charge < -0.3 is 10.2 Å². The van der Waals surface area contributed by atoms with Crippen molar-refractivity contribution in [1.82, 2.24) is 0 Å². The summed E-state index contributed by atoms with van der Waals surface area (Å²) in [4.78, 5) is 39.0. The van der Waals surface area contributed by atoms with Gasteiger partial charge in [0.05, 0.1) is 5.92 Å². The Balaban J connectivity index is 2.16. The van der Waals surface area contributed by atoms with E-state index < -0.39 is 17.3 Å². The number of carbonyl (C=O) groups excluding carboxylic acids is 3. The van der Waals surface area contributed by atoms with Gasteiger partial charge in [0.15, 0.2) is 5.78 Å². The standard InChI is InChI=1S/C23H28O5/c1-22(2)9-15(25)20(16(26)10-22)19(13-6-5-7-14(24)8-13)21-17(27)11-23(3,4)12-18(21)28/h5-8,19-20,24,27H,9-12H2,1-4H3/t19-/m0/s1. The fraction of sp³-hybridized carbons (Fsp3) is 0.522. The maximum absolute atomic E-state index is 13.0. The quantitative estimate of drug-likeness (QED) is 0.760. The van der Waals surface area contributed by atoms with E-state index in [9.17, 15) is 24.6 Å². The average Bonchev–Trinajstić information content (AvgIpc) is 2.49. The molecule has 0 unspecified atom stereocenters. The number of phenols is 1. The molecule has 5 nitrogen and oxygen atoms in total. The van der Waals surface area contributed by atoms with Gasteiger partial charge in [0.2, 0.25) is 0 Å². The lowest BCUT2D eigenvalue weighted by Crippen LogP contribution is -2.43. The van der Waals surface area contributed by atoms with Crippen LogP contribution in [0.5, 0.6) is 5.75 Å². The summed E-state index contributed by atoms with van der Waals surface area (Å²) in [5.74, 6) is -2.63. The molecule has 1 saturated carbocycles. The minimum Gasteiger partial charge on any atom is -0.512 e. The Morgan fingerprint density at radius 3 is 2.00 bits per heavy atom. The first kappa shape index (κ1) is 20.3. The number of Topliss-reactive ketones (excluding diaryl/α,β-unsaturated/α-hetero) is 3. The van der Waals surface area contributed by atoms with Crippen molar-refractivity contribution in [2.45, 2.75) is 59.3 Å². The largest absolute Gasteiger partial charge is 0.512 e. The van der Waals surface area contributed by atoms with Crippen molar-refractivity contribution in [1.29, 1.82) is 0 Å². The van der Waals surface area contributed by atoms with Crippen LogP contribution in [0.15, 0.2) is 35.6 Å². The third-order valence-electron chi connectivity index (χ3n) is 5.77. The second kappa shape index (κ2) is 6.87. The Morgan fingerprint density at radius 2 is 1.46 bits per heavy atom. The van der Waals surface area contributed by atoms with Gasteiger partial charge in [-0.3, -0.25) is 14.4 Å². The Kier molecular flexibility index (Phi) is 4.98. The summed E-state index contributed by atoms with van der Waals surface area (Å²) in [7, 11) is 0. The SMILES string of the molecule is CC1(C)CC(=O)C([C@@H](C2=C(O)CC(C)(C)CC2=O)c2cccc(O)c2)C(=O)C1. The summed E-state index contributed by atoms with van der Waals surface area (Å²) < 4.78 is 0. The highest BCUT2D eigenvalue weighted by atomic mass is 16.3. The highest BCUT2D eigenvalue weighted by molar-refractivity contribution is 6.09. The lowest BCUT2D eigenvalue weighted by atomic mass is 9.62. The predicted octanol–water partition coefficient (Wildman–Crippen LogP) is 4.25. The molecule has 1 fully saturated rings. The average molecular weight is 384 g/mol. The van der Waals surface area contributed by atoms with Crippen LogP contribution in [0.2, 0.25) is 0 Å². The van der Waals surface area contributed by atoms with Gasteiger partial charge >= 0.3 is 0 Å². The minimum absolute atomic E-state index is 0.0118. The molecule has 5 heteroatoms. The van der Waals surface area contributed by atoms with Gasteiger partial charge in [-0.25, -0.2) is 0 Å². The van der Waals surface area contributed by atoms with E-state index in [1.54, 1.807) is 12.1 Å². The van der Waals surface area contributed by atoms with E-state index in [4.69, 9.17) is 0 Å². The van der Waals surface area contributed by atoms with Crippen LogP contribution in [0.4, 0.5) is 0 Å². The first-order chi connectivity index (χ1) is 12.9. The van der Waals surface area contributed by atoms with Gasteiger partial charge in [0.1, 0.15) is 23.1 Å². The fourth-order valence-corrected chi connectivity index (χ4v) is 4.68. The van der Waals surface area contributed by atoms with Gasteiger partial charge in [-0.2, -0.15) is 0 Å². The topological polar surface area (TPSA) is 91.7 Å². The summed E-state index contributed by atoms with van der Waals surface area (Å²) in [6, 6.07) is 6.28. The molecule has 1 aromatic carbocycles. The van der Waals surface area contributed by atoms with Crippen LogP contribution in [0.1, 0.15) is 64.9 Å². The van der Waals surface area contributed by atoms with Crippen LogP contribution < -0.4 is 0 Å². The van der Waals surface area contributed by atoms with Crippen LogP contribution in [0.3, 0.4) is 0 Å². The third-order valence-corrected chi connectivity index (χ3v) is 5.77. The number of aliphatic hydroxyl groups is 1. The molecule has 0 heterocycles. The molecule has 150 valence electrons. The van der Waals surface area contributed by atoms with Gasteiger partial charge in [0.25, 0.3) is 0 Å². The summed E-state index contributed by atoms with van der Waals surface area (Å²) in [6.45, 7) is 7.57. The highest BCUT2D eigenvalue weighted by Crippen LogP contribution is 2.47. The number of carbonyl (C=O) groups is 3. The van der Waals surface area contributed by atoms with E-state index >= 15 is 0 Å². The van der Waals surface area contributed by atoms with Crippen molar-refractivity contribution in [3.05, 3.63) is 41.2 Å². The fourth-order valence-electron chi connectivity index (χ4n) is 4.68. The Labute approximate surface area is 165 Å². The summed E-state index contributed by atoms with van der Waals surface area (Å²) in [5, 5.41) is 20.7. The molecule has 0 saturated heterocycles. The third kappa shape index (κ3) is 3.89. The number of aromatic hydroxyl groups is 1. The molecule has 0 aromatic heterocycles. The first-order valence-electron chi connectivity index (χ1n) is 9.70. The molecule has 0 spiro atoms. The van der Waals surface area contributed by atoms with Crippen molar-refractivity contribution in [2.24, 2.45) is 16.7 Å². The number of allylic oxidation sites excluding steroid dienone is 2. The van der Waals surface area contributed by atoms with Crippen molar-refractivity contribution in [3.8, 4) is 5.75 Å². The first-order valence-corrected chi connectivity index (χ1v) is 9.70. The number of phenolic OH excluding ortho intramolecular Hbond substituents is 1. The number of ketones is 3. The molecule has 2 aliphatic carbocycles. The molecule has 0 aliphatic heterocycles. The van der Waals surface area contributed by atoms with E-state index in [0.29, 0.717) is 12.0 Å². The molecule has 0 amide bonds. The van der Waals surface area contributed by atoms with Gasteiger partial charge in [-0.15, -0.1) is 0 Å². The van der Waals surface area contributed by atoms with E-state index in [-0.39, 0.29) is 59.1 Å². The highest BCUT2D eigenvalue weighted by Gasteiger charge is 2.48. The zero-order valence-corrected chi connectivity index (χ0v) is 16.9. The van der Waals surface area contributed by atoms with Crippen LogP contribution in [-0.2, 0) is 14.4 Å². The molecule has 28 heavy (non-hydrogen) atoms. The number of benzene rings is 1. The molecule has 3 rings (SSSR count). The van der Waals surface area contributed by atoms with Crippen LogP contribution in [0.25, 0.3) is 0 Å². The summed E-state index contributed by atoms with van der Waals surface area (Å²) in [5.41, 5.74) is -0.142. The summed E-state index contributed by atoms with van der Waals surface area (Å²) >= 11 is 0. The molecule has 2 N–H and O–H groups in total. The number of rotatable bonds is 3. The number of aliphatic hydroxyl groups excluding tert-OH is 1. The molecular formula is C23H28O5. The van der Waals surface area contributed by atoms with Crippen molar-refractivity contribution in [2.75, 3.05) is 0 Å². The Bertz CT molecular complexity index is 855. The predicted molar refractivity (Wildman–Crippen MR) is 105 cm³/mol. The normalized spacial score (nSPS) is 23.8. The lowest BCUT2D eigenvalue weighted by Gasteiger charge is -2.39. The molecule has 0 bridgehead atoms. The van der Waals surface area contributed by atoms with Crippen LogP contribution in [0, 0.1) is 16.7 Å². The van der Waals surface area contributed by atoms with E-state index in [1.807, 2.05) is 27.7 Å². The van der Waals surface area contributed by atoms with Crippen molar-refractivity contribution in [3.63, 3.8) is 0 Å². The molecule has 2 aliphatic rings. The van der Waals surface area contributed by atoms with Gasteiger partial charge in [0, 0.05) is 37.2 Å². The van der Waals surface area contributed by atoms with Gasteiger partial charge in [-0.05, 0) is 28.5 Å². The molecule has 1 atom stereocenters. The molecule has 0 radical (unpaired) electrons. The van der Waals surface area contributed by atoms with E-state index in [0.717, 1.165) is 0 Å². The maximum Gasteiger partial charge on any atom is 0.163 e. The smallest absolute Gasteiger partial charge is 0.163 e. The number of hydrogen-bond donors (Lipinski definition) is 2. The lowest BCUT2D eigenvalue weighted by molar-refractivity contribution is -0.140. The Morgan fingerprint density at radius 1 is 0.893 bits per heavy atom. The Hall–Kier alpha value is -2.43. The van der Waals surface area contributed by atoms with Crippen molar-refractivity contribution >= 4 is 17.3 Å². The van der Waals surface area contributed by atoms with Crippen LogP contribution in [-0.4, -0.2) is 27.6 Å². The van der Waals surface area contributed by atoms with E-state index in [1.165, 1.54) is 12.1 Å². The molecule has 1 aromatic rings. The summed E-state index contributed by atoms with van der Waals surface area (Å²) in [6.07, 6.45) is 1.03. The maximum atomic E-state index is 13.0. The zero-order chi connectivity index (χ0) is 20.9. The van der Waals surface area contributed by atoms with Crippen LogP contribution >= 0.6 is 0 Å². The zero-order valence-electron chi connectivity index (χ0n) is 16.9.